The first kappa shape index (κ1) is 15.0. The summed E-state index contributed by atoms with van der Waals surface area (Å²) in [5.74, 6) is -0.304. The molecule has 1 aromatic rings. The fraction of sp³-hybridized carbons (Fsp3) is 0.385. The summed E-state index contributed by atoms with van der Waals surface area (Å²) in [5, 5.41) is 11.8. The third kappa shape index (κ3) is 5.87. The van der Waals surface area contributed by atoms with Crippen molar-refractivity contribution in [3.8, 4) is 5.75 Å². The van der Waals surface area contributed by atoms with Crippen molar-refractivity contribution in [2.24, 2.45) is 5.73 Å². The monoisotopic (exact) mass is 266 g/mol. The van der Waals surface area contributed by atoms with Crippen LogP contribution in [0, 0.1) is 0 Å². The number of amides is 2. The second-order valence-corrected chi connectivity index (χ2v) is 4.17. The van der Waals surface area contributed by atoms with E-state index in [0.29, 0.717) is 24.3 Å². The molecule has 1 aromatic carbocycles. The lowest BCUT2D eigenvalue weighted by Crippen LogP contribution is -2.26. The van der Waals surface area contributed by atoms with E-state index in [0.717, 1.165) is 0 Å². The van der Waals surface area contributed by atoms with Gasteiger partial charge in [-0.25, -0.2) is 0 Å². The molecule has 2 amide bonds. The van der Waals surface area contributed by atoms with Crippen molar-refractivity contribution in [3.63, 3.8) is 0 Å². The molecule has 0 saturated heterocycles. The molecule has 1 unspecified atom stereocenters. The highest BCUT2D eigenvalue weighted by atomic mass is 16.5. The molecule has 0 fully saturated rings. The average Bonchev–Trinajstić information content (AvgIpc) is 2.36. The van der Waals surface area contributed by atoms with E-state index in [-0.39, 0.29) is 12.5 Å². The Bertz CT molecular complexity index is 429. The first-order valence-electron chi connectivity index (χ1n) is 5.96. The maximum absolute atomic E-state index is 11.7. The molecular formula is C13H18N2O4. The van der Waals surface area contributed by atoms with Gasteiger partial charge in [-0.1, -0.05) is 0 Å². The van der Waals surface area contributed by atoms with Crippen LogP contribution in [0.5, 0.6) is 5.75 Å². The maximum Gasteiger partial charge on any atom is 0.255 e. The molecule has 0 spiro atoms. The minimum Gasteiger partial charge on any atom is -0.484 e. The molecule has 0 saturated carbocycles. The van der Waals surface area contributed by atoms with Gasteiger partial charge >= 0.3 is 0 Å². The fourth-order valence-corrected chi connectivity index (χ4v) is 1.35. The molecular weight excluding hydrogens is 248 g/mol. The Balaban J connectivity index is 2.46. The van der Waals surface area contributed by atoms with Gasteiger partial charge in [0.1, 0.15) is 5.75 Å². The number of hydrogen-bond acceptors (Lipinski definition) is 4. The highest BCUT2D eigenvalue weighted by molar-refractivity contribution is 5.94. The van der Waals surface area contributed by atoms with E-state index in [2.05, 4.69) is 5.32 Å². The third-order valence-corrected chi connectivity index (χ3v) is 2.35. The number of aliphatic hydroxyl groups excluding tert-OH is 1. The molecule has 4 N–H and O–H groups in total. The molecule has 1 atom stereocenters. The Hall–Kier alpha value is -2.08. The number of carbonyl (C=O) groups excluding carboxylic acids is 2. The van der Waals surface area contributed by atoms with Gasteiger partial charge in [0.15, 0.2) is 6.61 Å². The zero-order valence-electron chi connectivity index (χ0n) is 10.8. The molecule has 104 valence electrons. The molecule has 6 heteroatoms. The summed E-state index contributed by atoms with van der Waals surface area (Å²) in [4.78, 5) is 22.2. The quantitative estimate of drug-likeness (QED) is 0.649. The molecule has 19 heavy (non-hydrogen) atoms. The second kappa shape index (κ2) is 7.38. The number of nitrogens with one attached hydrogen (secondary N) is 1. The normalized spacial score (nSPS) is 11.7. The molecule has 1 rings (SSSR count). The zero-order chi connectivity index (χ0) is 14.3. The van der Waals surface area contributed by atoms with Crippen molar-refractivity contribution in [3.05, 3.63) is 29.8 Å². The van der Waals surface area contributed by atoms with Gasteiger partial charge in [-0.05, 0) is 37.6 Å². The lowest BCUT2D eigenvalue weighted by molar-refractivity contribution is -0.119. The molecule has 6 nitrogen and oxygen atoms in total. The summed E-state index contributed by atoms with van der Waals surface area (Å²) >= 11 is 0. The van der Waals surface area contributed by atoms with Gasteiger partial charge in [-0.15, -0.1) is 0 Å². The van der Waals surface area contributed by atoms with E-state index in [1.807, 2.05) is 0 Å². The summed E-state index contributed by atoms with van der Waals surface area (Å²) in [6, 6.07) is 6.36. The average molecular weight is 266 g/mol. The van der Waals surface area contributed by atoms with Crippen molar-refractivity contribution >= 4 is 11.8 Å². The van der Waals surface area contributed by atoms with Gasteiger partial charge in [0.2, 0.25) is 0 Å². The predicted octanol–water partition coefficient (Wildman–Crippen LogP) is 0.0514. The van der Waals surface area contributed by atoms with E-state index >= 15 is 0 Å². The number of rotatable bonds is 7. The van der Waals surface area contributed by atoms with Gasteiger partial charge in [-0.3, -0.25) is 9.59 Å². The van der Waals surface area contributed by atoms with Crippen LogP contribution in [0.1, 0.15) is 23.7 Å². The van der Waals surface area contributed by atoms with Gasteiger partial charge in [0, 0.05) is 12.1 Å². The summed E-state index contributed by atoms with van der Waals surface area (Å²) in [5.41, 5.74) is 5.43. The molecule has 0 radical (unpaired) electrons. The lowest BCUT2D eigenvalue weighted by atomic mass is 10.2. The van der Waals surface area contributed by atoms with Crippen molar-refractivity contribution in [2.75, 3.05) is 13.2 Å². The topological polar surface area (TPSA) is 102 Å². The molecule has 0 aliphatic rings. The van der Waals surface area contributed by atoms with Crippen molar-refractivity contribution in [1.82, 2.24) is 5.32 Å². The number of ether oxygens (including phenoxy) is 1. The van der Waals surface area contributed by atoms with Crippen molar-refractivity contribution in [1.29, 1.82) is 0 Å². The molecule has 0 aliphatic carbocycles. The van der Waals surface area contributed by atoms with E-state index in [9.17, 15) is 9.59 Å². The van der Waals surface area contributed by atoms with E-state index in [1.54, 1.807) is 31.2 Å². The number of nitrogens with two attached hydrogens (primary N) is 1. The van der Waals surface area contributed by atoms with Gasteiger partial charge < -0.3 is 20.9 Å². The van der Waals surface area contributed by atoms with Crippen LogP contribution in [-0.4, -0.2) is 36.2 Å². The molecule has 0 aliphatic heterocycles. The van der Waals surface area contributed by atoms with Gasteiger partial charge in [0.25, 0.3) is 11.8 Å². The van der Waals surface area contributed by atoms with Crippen LogP contribution in [-0.2, 0) is 4.79 Å². The smallest absolute Gasteiger partial charge is 0.255 e. The zero-order valence-corrected chi connectivity index (χ0v) is 10.8. The standard InChI is InChI=1S/C13H18N2O4/c1-9(16)6-7-15-13(18)10-2-4-11(5-3-10)19-8-12(14)17/h2-5,9,16H,6-8H2,1H3,(H2,14,17)(H,15,18). The number of carbonyl (C=O) groups is 2. The summed E-state index contributed by atoms with van der Waals surface area (Å²) in [6.45, 7) is 1.88. The van der Waals surface area contributed by atoms with Crippen LogP contribution in [0.25, 0.3) is 0 Å². The van der Waals surface area contributed by atoms with Crippen molar-refractivity contribution < 1.29 is 19.4 Å². The Kier molecular flexibility index (Phi) is 5.81. The fourth-order valence-electron chi connectivity index (χ4n) is 1.35. The number of primary amides is 1. The van der Waals surface area contributed by atoms with Crippen LogP contribution >= 0.6 is 0 Å². The summed E-state index contributed by atoms with van der Waals surface area (Å²) in [7, 11) is 0. The Morgan fingerprint density at radius 1 is 1.37 bits per heavy atom. The minimum absolute atomic E-state index is 0.195. The van der Waals surface area contributed by atoms with Crippen molar-refractivity contribution in [2.45, 2.75) is 19.4 Å². The van der Waals surface area contributed by atoms with Crippen LogP contribution in [0.15, 0.2) is 24.3 Å². The van der Waals surface area contributed by atoms with Crippen LogP contribution in [0.4, 0.5) is 0 Å². The number of benzene rings is 1. The predicted molar refractivity (Wildman–Crippen MR) is 69.8 cm³/mol. The Labute approximate surface area is 111 Å². The van der Waals surface area contributed by atoms with E-state index in [4.69, 9.17) is 15.6 Å². The van der Waals surface area contributed by atoms with Crippen LogP contribution < -0.4 is 15.8 Å². The summed E-state index contributed by atoms with van der Waals surface area (Å²) in [6.07, 6.45) is 0.0656. The van der Waals surface area contributed by atoms with E-state index < -0.39 is 12.0 Å². The van der Waals surface area contributed by atoms with E-state index in [1.165, 1.54) is 0 Å². The Morgan fingerprint density at radius 3 is 2.53 bits per heavy atom. The maximum atomic E-state index is 11.7. The largest absolute Gasteiger partial charge is 0.484 e. The van der Waals surface area contributed by atoms with Gasteiger partial charge in [-0.2, -0.15) is 0 Å². The highest BCUT2D eigenvalue weighted by Crippen LogP contribution is 2.11. The Morgan fingerprint density at radius 2 is 2.00 bits per heavy atom. The second-order valence-electron chi connectivity index (χ2n) is 4.17. The number of aliphatic hydroxyl groups is 1. The number of hydrogen-bond donors (Lipinski definition) is 3. The van der Waals surface area contributed by atoms with Crippen LogP contribution in [0.2, 0.25) is 0 Å². The lowest BCUT2D eigenvalue weighted by Gasteiger charge is -2.08. The summed E-state index contributed by atoms with van der Waals surface area (Å²) < 4.78 is 5.08. The molecule has 0 aromatic heterocycles. The SMILES string of the molecule is CC(O)CCNC(=O)c1ccc(OCC(N)=O)cc1. The highest BCUT2D eigenvalue weighted by Gasteiger charge is 2.06. The molecule has 0 bridgehead atoms. The minimum atomic E-state index is -0.556. The first-order valence-corrected chi connectivity index (χ1v) is 5.96. The van der Waals surface area contributed by atoms with Crippen LogP contribution in [0.3, 0.4) is 0 Å². The third-order valence-electron chi connectivity index (χ3n) is 2.35. The van der Waals surface area contributed by atoms with Gasteiger partial charge in [0.05, 0.1) is 6.10 Å². The first-order chi connectivity index (χ1) is 8.99. The molecule has 0 heterocycles.